The molecule has 0 radical (unpaired) electrons. The van der Waals surface area contributed by atoms with Crippen molar-refractivity contribution in [2.45, 2.75) is 124 Å². The molecule has 2 aromatic rings. The summed E-state index contributed by atoms with van der Waals surface area (Å²) in [5.74, 6) is -3.34. The zero-order valence-corrected chi connectivity index (χ0v) is 29.6. The summed E-state index contributed by atoms with van der Waals surface area (Å²) in [5, 5.41) is 75.0. The highest BCUT2D eigenvalue weighted by Gasteiger charge is 2.88. The maximum absolute atomic E-state index is 13.7. The lowest BCUT2D eigenvalue weighted by Gasteiger charge is -2.68. The Hall–Kier alpha value is -2.61. The molecule has 11 nitrogen and oxygen atoms in total. The predicted octanol–water partition coefficient (Wildman–Crippen LogP) is 3.13. The van der Waals surface area contributed by atoms with Crippen LogP contribution in [0.15, 0.2) is 54.6 Å². The molecule has 4 bridgehead atoms. The number of ether oxygens (including phenoxy) is 3. The molecular formula is C40H51NO10. The van der Waals surface area contributed by atoms with Gasteiger partial charge in [0.1, 0.15) is 33.9 Å². The molecule has 4 saturated carbocycles. The molecule has 0 amide bonds. The van der Waals surface area contributed by atoms with E-state index in [1.54, 1.807) is 31.2 Å². The predicted molar refractivity (Wildman–Crippen MR) is 182 cm³/mol. The van der Waals surface area contributed by atoms with Gasteiger partial charge < -0.3 is 44.8 Å². The second-order valence-corrected chi connectivity index (χ2v) is 17.6. The van der Waals surface area contributed by atoms with Gasteiger partial charge in [-0.15, -0.1) is 0 Å². The summed E-state index contributed by atoms with van der Waals surface area (Å²) in [5.41, 5.74) is -9.40. The van der Waals surface area contributed by atoms with Crippen molar-refractivity contribution in [2.75, 3.05) is 13.1 Å². The summed E-state index contributed by atoms with van der Waals surface area (Å²) in [4.78, 5) is 15.8. The van der Waals surface area contributed by atoms with Gasteiger partial charge in [0.15, 0.2) is 6.10 Å². The lowest BCUT2D eigenvalue weighted by molar-refractivity contribution is -0.354. The molecule has 3 aliphatic heterocycles. The fraction of sp³-hybridized carbons (Fsp3) is 0.675. The van der Waals surface area contributed by atoms with Gasteiger partial charge in [-0.2, -0.15) is 0 Å². The van der Waals surface area contributed by atoms with E-state index in [0.717, 1.165) is 6.42 Å². The van der Waals surface area contributed by atoms with Crippen LogP contribution in [0.1, 0.15) is 82.5 Å². The van der Waals surface area contributed by atoms with Crippen molar-refractivity contribution in [1.29, 1.82) is 0 Å². The van der Waals surface area contributed by atoms with Crippen LogP contribution in [0.3, 0.4) is 0 Å². The molecule has 276 valence electrons. The minimum atomic E-state index is -2.10. The highest BCUT2D eigenvalue weighted by atomic mass is 16.7. The van der Waals surface area contributed by atoms with Gasteiger partial charge in [0, 0.05) is 55.1 Å². The summed E-state index contributed by atoms with van der Waals surface area (Å²) >= 11 is 0. The lowest BCUT2D eigenvalue weighted by atomic mass is 9.49. The first-order valence-corrected chi connectivity index (χ1v) is 18.8. The van der Waals surface area contributed by atoms with E-state index in [4.69, 9.17) is 14.2 Å². The molecular weight excluding hydrogens is 654 g/mol. The number of benzene rings is 2. The van der Waals surface area contributed by atoms with Gasteiger partial charge in [0.05, 0.1) is 17.3 Å². The maximum atomic E-state index is 13.7. The fourth-order valence-electron chi connectivity index (χ4n) is 13.0. The van der Waals surface area contributed by atoms with Crippen LogP contribution in [0.25, 0.3) is 0 Å². The monoisotopic (exact) mass is 705 g/mol. The average Bonchev–Trinajstić information content (AvgIpc) is 3.26. The van der Waals surface area contributed by atoms with Crippen LogP contribution in [0.2, 0.25) is 0 Å². The first-order chi connectivity index (χ1) is 24.0. The van der Waals surface area contributed by atoms with Crippen LogP contribution in [0.5, 0.6) is 11.5 Å². The standard InChI is InChI=1S/C40H51NO10/c1-23-12-15-30-35(3,44)39(47)29(21-41(30)20-23)37(46)22-38-28(36(37,45)19-31(39)42)14-13-27-34(38,2)17-16-32(40(27,48)51-38)50-33(43)24-8-7-11-26(18-24)49-25-9-5-4-6-10-25/h4-11,18,23,27-32,42,44-48H,12-17,19-22H2,1-3H3/t23-,27-,28-,29-,30-,31-,32-,34-,35+,36+,37+,38+,39-,40-/m0/s1. The van der Waals surface area contributed by atoms with E-state index in [1.165, 1.54) is 0 Å². The van der Waals surface area contributed by atoms with E-state index in [0.29, 0.717) is 56.1 Å². The van der Waals surface area contributed by atoms with Gasteiger partial charge in [0.25, 0.3) is 0 Å². The maximum Gasteiger partial charge on any atom is 0.338 e. The molecule has 7 fully saturated rings. The Balaban J connectivity index is 1.04. The number of rotatable bonds is 4. The smallest absolute Gasteiger partial charge is 0.338 e. The molecule has 51 heavy (non-hydrogen) atoms. The molecule has 7 aliphatic rings. The number of piperidine rings is 2. The van der Waals surface area contributed by atoms with Gasteiger partial charge in [0.2, 0.25) is 5.79 Å². The number of hydrogen-bond donors (Lipinski definition) is 6. The molecule has 4 aliphatic carbocycles. The highest BCUT2D eigenvalue weighted by molar-refractivity contribution is 5.90. The minimum Gasteiger partial charge on any atom is -0.457 e. The summed E-state index contributed by atoms with van der Waals surface area (Å²) in [6.07, 6.45) is 0.204. The number of fused-ring (bicyclic) bond motifs is 5. The number of aliphatic hydroxyl groups is 6. The summed E-state index contributed by atoms with van der Waals surface area (Å²) in [6.45, 7) is 6.60. The largest absolute Gasteiger partial charge is 0.457 e. The van der Waals surface area contributed by atoms with Gasteiger partial charge in [-0.25, -0.2) is 4.79 Å². The molecule has 0 aromatic heterocycles. The summed E-state index contributed by atoms with van der Waals surface area (Å²) < 4.78 is 18.9. The molecule has 3 heterocycles. The second-order valence-electron chi connectivity index (χ2n) is 17.6. The van der Waals surface area contributed by atoms with Crippen molar-refractivity contribution in [3.8, 4) is 11.5 Å². The third-order valence-electron chi connectivity index (χ3n) is 15.3. The average molecular weight is 706 g/mol. The third kappa shape index (κ3) is 4.15. The summed E-state index contributed by atoms with van der Waals surface area (Å²) in [6, 6.07) is 15.5. The molecule has 0 unspecified atom stereocenters. The topological polar surface area (TPSA) is 169 Å². The van der Waals surface area contributed by atoms with E-state index in [9.17, 15) is 35.4 Å². The number of carbonyl (C=O) groups excluding carboxylic acids is 1. The second kappa shape index (κ2) is 10.8. The third-order valence-corrected chi connectivity index (χ3v) is 15.3. The fourth-order valence-corrected chi connectivity index (χ4v) is 13.0. The molecule has 11 heteroatoms. The highest BCUT2D eigenvalue weighted by Crippen LogP contribution is 2.78. The van der Waals surface area contributed by atoms with Crippen molar-refractivity contribution in [1.82, 2.24) is 4.90 Å². The minimum absolute atomic E-state index is 0.0974. The number of esters is 1. The van der Waals surface area contributed by atoms with Gasteiger partial charge in [-0.05, 0) is 81.7 Å². The number of hydrogen-bond acceptors (Lipinski definition) is 11. The van der Waals surface area contributed by atoms with Crippen LogP contribution in [-0.2, 0) is 9.47 Å². The zero-order chi connectivity index (χ0) is 36.0. The van der Waals surface area contributed by atoms with E-state index in [-0.39, 0.29) is 24.9 Å². The quantitative estimate of drug-likeness (QED) is 0.259. The van der Waals surface area contributed by atoms with Gasteiger partial charge >= 0.3 is 5.97 Å². The number of nitrogens with zero attached hydrogens (tertiary/aromatic N) is 1. The molecule has 9 rings (SSSR count). The van der Waals surface area contributed by atoms with Crippen LogP contribution in [0, 0.1) is 29.1 Å². The Morgan fingerprint density at radius 3 is 2.33 bits per heavy atom. The zero-order valence-electron chi connectivity index (χ0n) is 29.6. The molecule has 14 atom stereocenters. The van der Waals surface area contributed by atoms with Gasteiger partial charge in [-0.1, -0.05) is 38.1 Å². The first-order valence-electron chi connectivity index (χ1n) is 18.8. The van der Waals surface area contributed by atoms with Crippen LogP contribution < -0.4 is 4.74 Å². The van der Waals surface area contributed by atoms with E-state index < -0.39 is 81.2 Å². The Labute approximate surface area is 298 Å². The first kappa shape index (κ1) is 34.2. The number of carbonyl (C=O) groups is 1. The van der Waals surface area contributed by atoms with Crippen LogP contribution in [0.4, 0.5) is 0 Å². The van der Waals surface area contributed by atoms with E-state index >= 15 is 0 Å². The van der Waals surface area contributed by atoms with Crippen molar-refractivity contribution < 1.29 is 49.6 Å². The van der Waals surface area contributed by atoms with Crippen LogP contribution >= 0.6 is 0 Å². The molecule has 6 N–H and O–H groups in total. The Morgan fingerprint density at radius 2 is 1.57 bits per heavy atom. The van der Waals surface area contributed by atoms with Crippen molar-refractivity contribution in [2.24, 2.45) is 29.1 Å². The normalized spacial score (nSPS) is 51.1. The number of para-hydroxylation sites is 1. The Bertz CT molecular complexity index is 1740. The molecule has 3 saturated heterocycles. The van der Waals surface area contributed by atoms with Gasteiger partial charge in [-0.3, -0.25) is 4.90 Å². The Morgan fingerprint density at radius 1 is 0.843 bits per heavy atom. The van der Waals surface area contributed by atoms with Crippen LogP contribution in [-0.4, -0.2) is 107 Å². The van der Waals surface area contributed by atoms with E-state index in [2.05, 4.69) is 11.8 Å². The molecule has 2 aromatic carbocycles. The van der Waals surface area contributed by atoms with Crippen molar-refractivity contribution >= 4 is 5.97 Å². The number of aliphatic hydroxyl groups excluding tert-OH is 1. The van der Waals surface area contributed by atoms with E-state index in [1.807, 2.05) is 37.3 Å². The van der Waals surface area contributed by atoms with Crippen molar-refractivity contribution in [3.63, 3.8) is 0 Å². The SMILES string of the molecule is C[C@H]1CC[C@@H]2N(C1)C[C@@H]1[C@](O)([C@@H](O)C[C@@]3(O)[C@@H]4CC[C@@H]5[C@]6(O)O[C@@]4(C[C@@]13O)[C@@]5(C)CC[C@@H]6OC(=O)c1cccc(Oc3ccccc3)c1)[C@]2(C)O. The lowest BCUT2D eigenvalue weighted by Crippen LogP contribution is -2.85. The Kier molecular flexibility index (Phi) is 7.21. The summed E-state index contributed by atoms with van der Waals surface area (Å²) in [7, 11) is 0. The van der Waals surface area contributed by atoms with Crippen molar-refractivity contribution in [3.05, 3.63) is 60.2 Å². The molecule has 1 spiro atoms.